The highest BCUT2D eigenvalue weighted by molar-refractivity contribution is 7.47. The van der Waals surface area contributed by atoms with E-state index in [1.165, 1.54) is 160 Å². The van der Waals surface area contributed by atoms with Crippen LogP contribution in [0.1, 0.15) is 239 Å². The molecule has 0 aliphatic heterocycles. The van der Waals surface area contributed by atoms with E-state index in [4.69, 9.17) is 9.05 Å². The van der Waals surface area contributed by atoms with Crippen LogP contribution in [0.25, 0.3) is 0 Å². The Morgan fingerprint density at radius 3 is 1.29 bits per heavy atom. The van der Waals surface area contributed by atoms with Gasteiger partial charge in [0.2, 0.25) is 5.91 Å². The van der Waals surface area contributed by atoms with Crippen molar-refractivity contribution in [2.45, 2.75) is 293 Å². The zero-order valence-corrected chi connectivity index (χ0v) is 43.7. The number of aliphatic hydroxyl groups is 7. The van der Waals surface area contributed by atoms with Crippen molar-refractivity contribution in [2.75, 3.05) is 6.61 Å². The van der Waals surface area contributed by atoms with Gasteiger partial charge in [-0.2, -0.15) is 0 Å². The van der Waals surface area contributed by atoms with Gasteiger partial charge in [-0.05, 0) is 44.9 Å². The van der Waals surface area contributed by atoms with Gasteiger partial charge in [0.1, 0.15) is 36.6 Å². The van der Waals surface area contributed by atoms with Crippen LogP contribution < -0.4 is 5.32 Å². The van der Waals surface area contributed by atoms with E-state index in [1.54, 1.807) is 6.08 Å². The van der Waals surface area contributed by atoms with Crippen LogP contribution >= 0.6 is 7.82 Å². The molecule has 0 aromatic rings. The molecule has 8 atom stereocenters. The number of carbonyl (C=O) groups is 1. The number of unbranched alkanes of at least 4 members (excludes halogenated alkanes) is 29. The average Bonchev–Trinajstić information content (AvgIpc) is 3.31. The van der Waals surface area contributed by atoms with Crippen LogP contribution in [0.4, 0.5) is 0 Å². The predicted octanol–water partition coefficient (Wildman–Crippen LogP) is 10.9. The fourth-order valence-electron chi connectivity index (χ4n) is 8.74. The van der Waals surface area contributed by atoms with Crippen LogP contribution in [0.2, 0.25) is 0 Å². The lowest BCUT2D eigenvalue weighted by molar-refractivity contribution is -0.220. The summed E-state index contributed by atoms with van der Waals surface area (Å²) >= 11 is 0. The number of rotatable bonds is 46. The van der Waals surface area contributed by atoms with Crippen molar-refractivity contribution >= 4 is 13.7 Å². The summed E-state index contributed by atoms with van der Waals surface area (Å²) in [6.07, 6.45) is 38.0. The van der Waals surface area contributed by atoms with Gasteiger partial charge in [0.25, 0.3) is 0 Å². The van der Waals surface area contributed by atoms with E-state index in [0.717, 1.165) is 44.9 Å². The molecule has 1 aliphatic carbocycles. The number of hydrogen-bond donors (Lipinski definition) is 9. The Bertz CT molecular complexity index is 1300. The molecule has 0 aromatic carbocycles. The number of hydrogen-bond acceptors (Lipinski definition) is 11. The highest BCUT2D eigenvalue weighted by Gasteiger charge is 2.51. The van der Waals surface area contributed by atoms with E-state index in [2.05, 4.69) is 43.5 Å². The molecule has 0 aromatic heterocycles. The van der Waals surface area contributed by atoms with Gasteiger partial charge in [-0.25, -0.2) is 4.57 Å². The van der Waals surface area contributed by atoms with Gasteiger partial charge in [-0.3, -0.25) is 13.8 Å². The minimum atomic E-state index is -5.16. The largest absolute Gasteiger partial charge is 0.472 e. The number of amides is 1. The van der Waals surface area contributed by atoms with E-state index in [9.17, 15) is 50.0 Å². The molecule has 1 saturated carbocycles. The van der Waals surface area contributed by atoms with E-state index in [-0.39, 0.29) is 6.42 Å². The second kappa shape index (κ2) is 43.1. The number of aliphatic hydroxyl groups excluding tert-OH is 7. The highest BCUT2D eigenvalue weighted by atomic mass is 31.2. The quantitative estimate of drug-likeness (QED) is 0.0158. The van der Waals surface area contributed by atoms with Crippen LogP contribution in [0.15, 0.2) is 36.5 Å². The topological polar surface area (TPSA) is 226 Å². The molecular weight excluding hydrogens is 886 g/mol. The van der Waals surface area contributed by atoms with Gasteiger partial charge in [0, 0.05) is 0 Å². The molecule has 1 rings (SSSR count). The first-order chi connectivity index (χ1) is 32.8. The van der Waals surface area contributed by atoms with Crippen LogP contribution in [0.5, 0.6) is 0 Å². The van der Waals surface area contributed by atoms with Crippen molar-refractivity contribution in [2.24, 2.45) is 0 Å². The smallest absolute Gasteiger partial charge is 0.393 e. The average molecular weight is 988 g/mol. The fraction of sp³-hybridized carbons (Fsp3) is 0.870. The van der Waals surface area contributed by atoms with Crippen LogP contribution in [-0.4, -0.2) is 108 Å². The molecule has 0 radical (unpaired) electrons. The molecule has 13 nitrogen and oxygen atoms in total. The van der Waals surface area contributed by atoms with Gasteiger partial charge in [-0.15, -0.1) is 0 Å². The maximum absolute atomic E-state index is 13.1. The number of carbonyl (C=O) groups excluding carboxylic acids is 1. The van der Waals surface area contributed by atoms with E-state index >= 15 is 0 Å². The third kappa shape index (κ3) is 34.0. The molecule has 1 fully saturated rings. The molecule has 8 unspecified atom stereocenters. The lowest BCUT2D eigenvalue weighted by atomic mass is 9.85. The summed E-state index contributed by atoms with van der Waals surface area (Å²) in [7, 11) is -5.16. The molecule has 400 valence electrons. The maximum Gasteiger partial charge on any atom is 0.472 e. The van der Waals surface area contributed by atoms with Crippen molar-refractivity contribution in [3.63, 3.8) is 0 Å². The minimum absolute atomic E-state index is 0.253. The third-order valence-electron chi connectivity index (χ3n) is 13.2. The van der Waals surface area contributed by atoms with Crippen molar-refractivity contribution in [1.29, 1.82) is 0 Å². The van der Waals surface area contributed by atoms with Gasteiger partial charge >= 0.3 is 7.82 Å². The Morgan fingerprint density at radius 2 is 0.868 bits per heavy atom. The number of allylic oxidation sites excluding steroid dienone is 5. The second-order valence-electron chi connectivity index (χ2n) is 19.6. The Balaban J connectivity index is 2.49. The molecule has 0 saturated heterocycles. The molecule has 68 heavy (non-hydrogen) atoms. The van der Waals surface area contributed by atoms with E-state index < -0.39 is 75.2 Å². The monoisotopic (exact) mass is 988 g/mol. The Kier molecular flexibility index (Phi) is 40.9. The zero-order chi connectivity index (χ0) is 50.1. The summed E-state index contributed by atoms with van der Waals surface area (Å²) in [5, 5.41) is 74.7. The molecule has 9 N–H and O–H groups in total. The Morgan fingerprint density at radius 1 is 0.515 bits per heavy atom. The van der Waals surface area contributed by atoms with Crippen molar-refractivity contribution in [1.82, 2.24) is 5.32 Å². The van der Waals surface area contributed by atoms with Gasteiger partial charge in [0.15, 0.2) is 0 Å². The third-order valence-corrected chi connectivity index (χ3v) is 14.2. The SMILES string of the molecule is CCCCCCCCCCCCC/C=C/CC/C=C/CC/C=C/C(O)C(COP(=O)(O)OC1C(O)C(O)C(O)C(O)C1O)NC(=O)CC(O)CCCCCCCCCCCCCCCCCCC. The highest BCUT2D eigenvalue weighted by Crippen LogP contribution is 2.47. The second-order valence-corrected chi connectivity index (χ2v) is 21.0. The van der Waals surface area contributed by atoms with Crippen LogP contribution in [-0.2, 0) is 18.4 Å². The number of phosphoric acid groups is 1. The number of nitrogens with one attached hydrogen (secondary N) is 1. The normalized spacial score (nSPS) is 22.3. The molecule has 1 amide bonds. The predicted molar refractivity (Wildman–Crippen MR) is 275 cm³/mol. The van der Waals surface area contributed by atoms with Crippen molar-refractivity contribution in [3.8, 4) is 0 Å². The van der Waals surface area contributed by atoms with Gasteiger partial charge in [-0.1, -0.05) is 224 Å². The molecule has 1 aliphatic rings. The van der Waals surface area contributed by atoms with Gasteiger partial charge in [0.05, 0.1) is 31.3 Å². The van der Waals surface area contributed by atoms with E-state index in [0.29, 0.717) is 19.3 Å². The Labute approximate surface area is 413 Å². The number of phosphoric ester groups is 1. The molecule has 14 heteroatoms. The summed E-state index contributed by atoms with van der Waals surface area (Å²) in [5.74, 6) is -0.603. The summed E-state index contributed by atoms with van der Waals surface area (Å²) in [6, 6.07) is -1.26. The lowest BCUT2D eigenvalue weighted by Gasteiger charge is -2.41. The molecule has 0 spiro atoms. The summed E-state index contributed by atoms with van der Waals surface area (Å²) in [4.78, 5) is 23.5. The maximum atomic E-state index is 13.1. The first-order valence-corrected chi connectivity index (χ1v) is 29.0. The molecular formula is C54H102NO12P. The van der Waals surface area contributed by atoms with E-state index in [1.807, 2.05) is 0 Å². The summed E-state index contributed by atoms with van der Waals surface area (Å²) in [6.45, 7) is 3.76. The van der Waals surface area contributed by atoms with Crippen molar-refractivity contribution in [3.05, 3.63) is 36.5 Å². The van der Waals surface area contributed by atoms with Crippen LogP contribution in [0.3, 0.4) is 0 Å². The summed E-state index contributed by atoms with van der Waals surface area (Å²) in [5.41, 5.74) is 0. The first kappa shape index (κ1) is 64.5. The molecule has 0 bridgehead atoms. The fourth-order valence-corrected chi connectivity index (χ4v) is 9.71. The lowest BCUT2D eigenvalue weighted by Crippen LogP contribution is -2.64. The Hall–Kier alpha value is -1.48. The van der Waals surface area contributed by atoms with Crippen LogP contribution in [0, 0.1) is 0 Å². The molecule has 0 heterocycles. The standard InChI is InChI=1S/C54H102NO12P/c1-3-5-7-9-11-13-15-17-19-21-22-23-24-26-28-30-32-34-36-38-40-42-47(57)46(44-66-68(64,65)67-54-52(62)50(60)49(59)51(61)53(54)63)55-48(58)43-45(56)41-39-37-35-33-31-29-27-25-20-18-16-14-12-10-8-6-4-2/h24,26,32,34,40,42,45-47,49-54,56-57,59-63H,3-23,25,27-31,33,35-39,41,43-44H2,1-2H3,(H,55,58)(H,64,65)/b26-24+,34-32+,42-40+. The van der Waals surface area contributed by atoms with Crippen molar-refractivity contribution < 1.29 is 59.0 Å². The first-order valence-electron chi connectivity index (χ1n) is 27.5. The summed E-state index contributed by atoms with van der Waals surface area (Å²) < 4.78 is 23.0. The zero-order valence-electron chi connectivity index (χ0n) is 42.8. The minimum Gasteiger partial charge on any atom is -0.393 e. The van der Waals surface area contributed by atoms with Gasteiger partial charge < -0.3 is 46.0 Å².